The van der Waals surface area contributed by atoms with Crippen LogP contribution in [-0.4, -0.2) is 4.57 Å². The number of hydrogen-bond donors (Lipinski definition) is 0. The quantitative estimate of drug-likeness (QED) is 0.649. The number of benzene rings is 2. The topological polar surface area (TPSA) is 35.1 Å². The van der Waals surface area contributed by atoms with Crippen LogP contribution in [0.15, 0.2) is 51.7 Å². The number of hydrogen-bond acceptors (Lipinski definition) is 2. The van der Waals surface area contributed by atoms with Crippen molar-refractivity contribution in [2.45, 2.75) is 19.9 Å². The number of nitrogens with zero attached hydrogens (tertiary/aromatic N) is 1. The highest BCUT2D eigenvalue weighted by Crippen LogP contribution is 2.17. The lowest BCUT2D eigenvalue weighted by Gasteiger charge is -2.04. The molecule has 0 amide bonds. The molecule has 0 N–H and O–H groups in total. The Bertz CT molecular complexity index is 799. The molecule has 3 rings (SSSR count). The maximum atomic E-state index is 12.0. The Labute approximate surface area is 130 Å². The van der Waals surface area contributed by atoms with E-state index in [1.807, 2.05) is 18.2 Å². The second-order valence-electron chi connectivity index (χ2n) is 4.74. The van der Waals surface area contributed by atoms with E-state index in [-0.39, 0.29) is 5.76 Å². The van der Waals surface area contributed by atoms with Gasteiger partial charge in [0.1, 0.15) is 0 Å². The average molecular weight is 379 g/mol. The summed E-state index contributed by atoms with van der Waals surface area (Å²) in [6, 6.07) is 14.1. The predicted octanol–water partition coefficient (Wildman–Crippen LogP) is 3.81. The van der Waals surface area contributed by atoms with Crippen molar-refractivity contribution in [3.63, 3.8) is 0 Å². The zero-order chi connectivity index (χ0) is 14.1. The molecule has 0 radical (unpaired) electrons. The first kappa shape index (κ1) is 13.4. The fourth-order valence-corrected chi connectivity index (χ4v) is 2.72. The van der Waals surface area contributed by atoms with Crippen LogP contribution in [-0.2, 0) is 13.0 Å². The smallest absolute Gasteiger partial charge is 0.408 e. The van der Waals surface area contributed by atoms with Crippen molar-refractivity contribution >= 4 is 33.7 Å². The summed E-state index contributed by atoms with van der Waals surface area (Å²) >= 11 is 2.21. The number of oxazole rings is 1. The molecule has 0 aliphatic heterocycles. The van der Waals surface area contributed by atoms with Gasteiger partial charge in [0.2, 0.25) is 0 Å². The van der Waals surface area contributed by atoms with Gasteiger partial charge < -0.3 is 4.42 Å². The maximum Gasteiger partial charge on any atom is 0.420 e. The van der Waals surface area contributed by atoms with Gasteiger partial charge in [0.05, 0.1) is 12.1 Å². The number of aryl methyl sites for hydroxylation is 1. The summed E-state index contributed by atoms with van der Waals surface area (Å²) in [6.45, 7) is 2.67. The van der Waals surface area contributed by atoms with Gasteiger partial charge in [-0.25, -0.2) is 4.79 Å². The summed E-state index contributed by atoms with van der Waals surface area (Å²) in [5.41, 5.74) is 3.89. The molecule has 1 heterocycles. The monoisotopic (exact) mass is 379 g/mol. The van der Waals surface area contributed by atoms with Crippen LogP contribution < -0.4 is 5.76 Å². The van der Waals surface area contributed by atoms with E-state index >= 15 is 0 Å². The summed E-state index contributed by atoms with van der Waals surface area (Å²) in [5.74, 6) is -0.304. The molecule has 0 bridgehead atoms. The van der Waals surface area contributed by atoms with Crippen molar-refractivity contribution in [2.75, 3.05) is 0 Å². The van der Waals surface area contributed by atoms with Gasteiger partial charge in [-0.15, -0.1) is 0 Å². The fourth-order valence-electron chi connectivity index (χ4n) is 2.25. The standard InChI is InChI=1S/C16H14INO2/c1-2-11-3-5-12(6-4-11)10-18-14-8-7-13(17)9-15(14)20-16(18)19/h3-9H,2,10H2,1H3. The Hall–Kier alpha value is -1.56. The normalized spacial score (nSPS) is 11.1. The second-order valence-corrected chi connectivity index (χ2v) is 5.98. The van der Waals surface area contributed by atoms with E-state index in [4.69, 9.17) is 4.42 Å². The molecular weight excluding hydrogens is 365 g/mol. The largest absolute Gasteiger partial charge is 0.420 e. The van der Waals surface area contributed by atoms with Gasteiger partial charge in [0.15, 0.2) is 5.58 Å². The van der Waals surface area contributed by atoms with Crippen LogP contribution in [0.2, 0.25) is 0 Å². The molecule has 3 aromatic rings. The number of rotatable bonds is 3. The van der Waals surface area contributed by atoms with Gasteiger partial charge in [-0.05, 0) is 58.3 Å². The van der Waals surface area contributed by atoms with Gasteiger partial charge in [-0.3, -0.25) is 4.57 Å². The summed E-state index contributed by atoms with van der Waals surface area (Å²) in [5, 5.41) is 0. The van der Waals surface area contributed by atoms with E-state index in [0.717, 1.165) is 21.1 Å². The maximum absolute atomic E-state index is 12.0. The van der Waals surface area contributed by atoms with Crippen molar-refractivity contribution in [1.82, 2.24) is 4.57 Å². The molecule has 0 saturated heterocycles. The lowest BCUT2D eigenvalue weighted by atomic mass is 10.1. The molecule has 0 unspecified atom stereocenters. The summed E-state index contributed by atoms with van der Waals surface area (Å²) < 4.78 is 8.03. The van der Waals surface area contributed by atoms with Crippen LogP contribution in [0.1, 0.15) is 18.1 Å². The van der Waals surface area contributed by atoms with E-state index in [9.17, 15) is 4.79 Å². The summed E-state index contributed by atoms with van der Waals surface area (Å²) in [7, 11) is 0. The molecule has 4 heteroatoms. The summed E-state index contributed by atoms with van der Waals surface area (Å²) in [6.07, 6.45) is 1.02. The first-order valence-corrected chi connectivity index (χ1v) is 7.62. The molecule has 0 fully saturated rings. The number of halogens is 1. The van der Waals surface area contributed by atoms with E-state index in [1.54, 1.807) is 4.57 Å². The van der Waals surface area contributed by atoms with Crippen molar-refractivity contribution in [1.29, 1.82) is 0 Å². The minimum Gasteiger partial charge on any atom is -0.408 e. The highest BCUT2D eigenvalue weighted by atomic mass is 127. The highest BCUT2D eigenvalue weighted by Gasteiger charge is 2.09. The third-order valence-electron chi connectivity index (χ3n) is 3.40. The highest BCUT2D eigenvalue weighted by molar-refractivity contribution is 14.1. The van der Waals surface area contributed by atoms with Crippen molar-refractivity contribution in [3.05, 3.63) is 67.7 Å². The Morgan fingerprint density at radius 1 is 1.10 bits per heavy atom. The molecular formula is C16H14INO2. The molecule has 0 atom stereocenters. The predicted molar refractivity (Wildman–Crippen MR) is 88.1 cm³/mol. The van der Waals surface area contributed by atoms with E-state index in [2.05, 4.69) is 53.8 Å². The van der Waals surface area contributed by atoms with E-state index < -0.39 is 0 Å². The van der Waals surface area contributed by atoms with Crippen LogP contribution in [0, 0.1) is 3.57 Å². The van der Waals surface area contributed by atoms with Gasteiger partial charge in [0.25, 0.3) is 0 Å². The van der Waals surface area contributed by atoms with E-state index in [1.165, 1.54) is 5.56 Å². The molecule has 0 spiro atoms. The molecule has 0 aliphatic rings. The van der Waals surface area contributed by atoms with Crippen molar-refractivity contribution in [3.8, 4) is 0 Å². The van der Waals surface area contributed by atoms with Gasteiger partial charge in [0, 0.05) is 3.57 Å². The first-order valence-electron chi connectivity index (χ1n) is 6.54. The molecule has 1 aromatic heterocycles. The Morgan fingerprint density at radius 2 is 1.80 bits per heavy atom. The molecule has 3 nitrogen and oxygen atoms in total. The van der Waals surface area contributed by atoms with Gasteiger partial charge in [-0.1, -0.05) is 31.2 Å². The zero-order valence-corrected chi connectivity index (χ0v) is 13.3. The molecule has 2 aromatic carbocycles. The average Bonchev–Trinajstić information content (AvgIpc) is 2.75. The minimum atomic E-state index is -0.304. The lowest BCUT2D eigenvalue weighted by molar-refractivity contribution is 0.517. The van der Waals surface area contributed by atoms with Gasteiger partial charge in [-0.2, -0.15) is 0 Å². The Balaban J connectivity index is 2.01. The third-order valence-corrected chi connectivity index (χ3v) is 4.07. The van der Waals surface area contributed by atoms with Crippen molar-refractivity contribution in [2.24, 2.45) is 0 Å². The minimum absolute atomic E-state index is 0.304. The van der Waals surface area contributed by atoms with Crippen LogP contribution in [0.5, 0.6) is 0 Å². The molecule has 0 aliphatic carbocycles. The van der Waals surface area contributed by atoms with Gasteiger partial charge >= 0.3 is 5.76 Å². The molecule has 0 saturated carbocycles. The molecule has 102 valence electrons. The number of fused-ring (bicyclic) bond motifs is 1. The van der Waals surface area contributed by atoms with E-state index in [0.29, 0.717) is 12.1 Å². The zero-order valence-electron chi connectivity index (χ0n) is 11.1. The van der Waals surface area contributed by atoms with Crippen molar-refractivity contribution < 1.29 is 4.42 Å². The lowest BCUT2D eigenvalue weighted by Crippen LogP contribution is -2.14. The number of aromatic nitrogens is 1. The molecule has 20 heavy (non-hydrogen) atoms. The first-order chi connectivity index (χ1) is 9.67. The SMILES string of the molecule is CCc1ccc(Cn2c(=O)oc3cc(I)ccc32)cc1. The second kappa shape index (κ2) is 5.44. The van der Waals surface area contributed by atoms with Crippen LogP contribution >= 0.6 is 22.6 Å². The van der Waals surface area contributed by atoms with Crippen LogP contribution in [0.25, 0.3) is 11.1 Å². The Kier molecular flexibility index (Phi) is 3.65. The summed E-state index contributed by atoms with van der Waals surface area (Å²) in [4.78, 5) is 12.0. The van der Waals surface area contributed by atoms with Crippen LogP contribution in [0.3, 0.4) is 0 Å². The van der Waals surface area contributed by atoms with Crippen LogP contribution in [0.4, 0.5) is 0 Å². The fraction of sp³-hybridized carbons (Fsp3) is 0.188. The third kappa shape index (κ3) is 2.52. The Morgan fingerprint density at radius 3 is 2.50 bits per heavy atom.